The summed E-state index contributed by atoms with van der Waals surface area (Å²) in [6.45, 7) is 2.71. The average molecular weight is 340 g/mol. The molecule has 0 saturated heterocycles. The summed E-state index contributed by atoms with van der Waals surface area (Å²) in [4.78, 5) is 0. The maximum Gasteiger partial charge on any atom is 0.387 e. The van der Waals surface area contributed by atoms with Gasteiger partial charge in [0, 0.05) is 7.05 Å². The summed E-state index contributed by atoms with van der Waals surface area (Å²) in [5.74, 6) is 0.0365. The van der Waals surface area contributed by atoms with Crippen LogP contribution >= 0.6 is 12.2 Å². The van der Waals surface area contributed by atoms with Crippen LogP contribution in [0.1, 0.15) is 17.0 Å². The topological polar surface area (TPSA) is 51.1 Å². The van der Waals surface area contributed by atoms with Crippen molar-refractivity contribution in [1.29, 1.82) is 0 Å². The Morgan fingerprint density at radius 1 is 1.26 bits per heavy atom. The minimum absolute atomic E-state index is 0.0365. The first kappa shape index (κ1) is 17.1. The highest BCUT2D eigenvalue weighted by Gasteiger charge is 2.14. The van der Waals surface area contributed by atoms with Gasteiger partial charge in [0.2, 0.25) is 0 Å². The predicted molar refractivity (Wildman–Crippen MR) is 90.3 cm³/mol. The molecule has 0 fully saturated rings. The Morgan fingerprint density at radius 3 is 2.52 bits per heavy atom. The van der Waals surface area contributed by atoms with Crippen molar-refractivity contribution in [1.82, 2.24) is 9.78 Å². The fourth-order valence-corrected chi connectivity index (χ4v) is 2.37. The number of thiocarbonyl (C=S) groups is 1. The molecule has 0 amide bonds. The molecule has 2 aromatic rings. The van der Waals surface area contributed by atoms with Crippen LogP contribution in [0, 0.1) is 20.8 Å². The highest BCUT2D eigenvalue weighted by Crippen LogP contribution is 2.28. The third kappa shape index (κ3) is 4.16. The van der Waals surface area contributed by atoms with Gasteiger partial charge in [-0.25, -0.2) is 0 Å². The summed E-state index contributed by atoms with van der Waals surface area (Å²) in [5.41, 5.74) is 3.77. The molecule has 0 unspecified atom stereocenters. The molecule has 0 bridgehead atoms. The van der Waals surface area contributed by atoms with Gasteiger partial charge in [-0.3, -0.25) is 4.68 Å². The van der Waals surface area contributed by atoms with Gasteiger partial charge < -0.3 is 15.4 Å². The van der Waals surface area contributed by atoms with Gasteiger partial charge >= 0.3 is 6.61 Å². The van der Waals surface area contributed by atoms with Crippen molar-refractivity contribution in [2.45, 2.75) is 27.4 Å². The Hall–Kier alpha value is -2.22. The van der Waals surface area contributed by atoms with Crippen molar-refractivity contribution in [3.8, 4) is 5.75 Å². The number of hydrogen-bond acceptors (Lipinski definition) is 3. The van der Waals surface area contributed by atoms with E-state index in [-0.39, 0.29) is 10.9 Å². The van der Waals surface area contributed by atoms with Gasteiger partial charge in [0.25, 0.3) is 0 Å². The number of nitrogens with zero attached hydrogens (tertiary/aromatic N) is 2. The van der Waals surface area contributed by atoms with E-state index < -0.39 is 6.61 Å². The predicted octanol–water partition coefficient (Wildman–Crippen LogP) is 3.76. The number of anilines is 2. The Morgan fingerprint density at radius 2 is 1.96 bits per heavy atom. The lowest BCUT2D eigenvalue weighted by molar-refractivity contribution is -0.0493. The summed E-state index contributed by atoms with van der Waals surface area (Å²) in [5, 5.41) is 10.5. The highest BCUT2D eigenvalue weighted by molar-refractivity contribution is 7.80. The molecule has 0 radical (unpaired) electrons. The SMILES string of the molecule is Cc1ccc(OC(F)F)c(NC(=S)Nc2c(C)nn(C)c2C)c1. The van der Waals surface area contributed by atoms with Gasteiger partial charge in [-0.1, -0.05) is 6.07 Å². The Kier molecular flexibility index (Phi) is 5.15. The molecule has 0 spiro atoms. The van der Waals surface area contributed by atoms with Crippen molar-refractivity contribution in [2.75, 3.05) is 10.6 Å². The second-order valence-corrected chi connectivity index (χ2v) is 5.53. The summed E-state index contributed by atoms with van der Waals surface area (Å²) in [6, 6.07) is 4.86. The Balaban J connectivity index is 2.18. The van der Waals surface area contributed by atoms with Gasteiger partial charge in [0.05, 0.1) is 22.8 Å². The molecular formula is C15H18F2N4OS. The summed E-state index contributed by atoms with van der Waals surface area (Å²) >= 11 is 5.26. The lowest BCUT2D eigenvalue weighted by Gasteiger charge is -2.15. The van der Waals surface area contributed by atoms with Crippen molar-refractivity contribution >= 4 is 28.7 Å². The number of hydrogen-bond donors (Lipinski definition) is 2. The molecule has 1 aromatic carbocycles. The minimum atomic E-state index is -2.90. The lowest BCUT2D eigenvalue weighted by Crippen LogP contribution is -2.20. The molecule has 8 heteroatoms. The van der Waals surface area contributed by atoms with Crippen LogP contribution in [0.5, 0.6) is 5.75 Å². The van der Waals surface area contributed by atoms with Crippen molar-refractivity contribution in [3.63, 3.8) is 0 Å². The van der Waals surface area contributed by atoms with Crippen LogP contribution in [0.3, 0.4) is 0 Å². The molecule has 0 saturated carbocycles. The molecule has 0 aliphatic carbocycles. The second kappa shape index (κ2) is 6.91. The zero-order valence-electron chi connectivity index (χ0n) is 13.3. The van der Waals surface area contributed by atoms with Crippen molar-refractivity contribution in [2.24, 2.45) is 7.05 Å². The minimum Gasteiger partial charge on any atom is -0.433 e. The molecule has 2 rings (SSSR count). The average Bonchev–Trinajstić information content (AvgIpc) is 2.68. The first-order valence-electron chi connectivity index (χ1n) is 6.91. The summed E-state index contributed by atoms with van der Waals surface area (Å²) in [7, 11) is 1.83. The fourth-order valence-electron chi connectivity index (χ4n) is 2.16. The number of aromatic nitrogens is 2. The van der Waals surface area contributed by atoms with E-state index in [1.807, 2.05) is 27.8 Å². The number of halogens is 2. The molecule has 0 atom stereocenters. The van der Waals surface area contributed by atoms with E-state index in [1.54, 1.807) is 16.8 Å². The number of ether oxygens (including phenoxy) is 1. The van der Waals surface area contributed by atoms with Crippen molar-refractivity contribution in [3.05, 3.63) is 35.2 Å². The van der Waals surface area contributed by atoms with Gasteiger partial charge in [-0.05, 0) is 50.7 Å². The third-order valence-corrected chi connectivity index (χ3v) is 3.55. The smallest absolute Gasteiger partial charge is 0.387 e. The van der Waals surface area contributed by atoms with E-state index in [2.05, 4.69) is 20.5 Å². The number of aryl methyl sites for hydroxylation is 3. The van der Waals surface area contributed by atoms with Crippen LogP contribution in [0.15, 0.2) is 18.2 Å². The lowest BCUT2D eigenvalue weighted by atomic mass is 10.2. The second-order valence-electron chi connectivity index (χ2n) is 5.13. The Bertz CT molecular complexity index is 731. The number of rotatable bonds is 4. The first-order valence-corrected chi connectivity index (χ1v) is 7.32. The molecule has 23 heavy (non-hydrogen) atoms. The van der Waals surface area contributed by atoms with Crippen molar-refractivity contribution < 1.29 is 13.5 Å². The van der Waals surface area contributed by atoms with Crippen LogP contribution in [0.25, 0.3) is 0 Å². The molecule has 124 valence electrons. The largest absolute Gasteiger partial charge is 0.433 e. The number of alkyl halides is 2. The van der Waals surface area contributed by atoms with Crippen LogP contribution in [0.4, 0.5) is 20.2 Å². The molecule has 0 aliphatic rings. The quantitative estimate of drug-likeness (QED) is 0.830. The number of benzene rings is 1. The van der Waals surface area contributed by atoms with Crippen LogP contribution in [-0.2, 0) is 7.05 Å². The highest BCUT2D eigenvalue weighted by atomic mass is 32.1. The zero-order valence-corrected chi connectivity index (χ0v) is 14.1. The van der Waals surface area contributed by atoms with Crippen LogP contribution < -0.4 is 15.4 Å². The van der Waals surface area contributed by atoms with Crippen LogP contribution in [0.2, 0.25) is 0 Å². The Labute approximate surface area is 138 Å². The molecule has 5 nitrogen and oxygen atoms in total. The molecule has 0 aliphatic heterocycles. The third-order valence-electron chi connectivity index (χ3n) is 3.35. The van der Waals surface area contributed by atoms with Gasteiger partial charge in [0.1, 0.15) is 5.75 Å². The van der Waals surface area contributed by atoms with E-state index in [1.165, 1.54) is 6.07 Å². The van der Waals surface area contributed by atoms with Gasteiger partial charge in [-0.15, -0.1) is 0 Å². The molecular weight excluding hydrogens is 322 g/mol. The van der Waals surface area contributed by atoms with Gasteiger partial charge in [-0.2, -0.15) is 13.9 Å². The molecule has 1 heterocycles. The molecule has 1 aromatic heterocycles. The number of nitrogens with one attached hydrogen (secondary N) is 2. The van der Waals surface area contributed by atoms with E-state index in [4.69, 9.17) is 12.2 Å². The zero-order chi connectivity index (χ0) is 17.1. The maximum absolute atomic E-state index is 12.5. The molecule has 2 N–H and O–H groups in total. The van der Waals surface area contributed by atoms with E-state index in [0.717, 1.165) is 22.6 Å². The van der Waals surface area contributed by atoms with E-state index >= 15 is 0 Å². The fraction of sp³-hybridized carbons (Fsp3) is 0.333. The normalized spacial score (nSPS) is 10.7. The summed E-state index contributed by atoms with van der Waals surface area (Å²) < 4.78 is 31.2. The standard InChI is InChI=1S/C15H18F2N4OS/c1-8-5-6-12(22-14(16)17)11(7-8)18-15(23)19-13-9(2)20-21(4)10(13)3/h5-7,14H,1-4H3,(H2,18,19,23). The monoisotopic (exact) mass is 340 g/mol. The van der Waals surface area contributed by atoms with Crippen LogP contribution in [-0.4, -0.2) is 21.5 Å². The van der Waals surface area contributed by atoms with E-state index in [0.29, 0.717) is 5.69 Å². The first-order chi connectivity index (χ1) is 10.8. The van der Waals surface area contributed by atoms with Gasteiger partial charge in [0.15, 0.2) is 5.11 Å². The maximum atomic E-state index is 12.5. The van der Waals surface area contributed by atoms with E-state index in [9.17, 15) is 8.78 Å². The summed E-state index contributed by atoms with van der Waals surface area (Å²) in [6.07, 6.45) is 0.